The van der Waals surface area contributed by atoms with Gasteiger partial charge in [-0.3, -0.25) is 14.8 Å². The zero-order chi connectivity index (χ0) is 20.5. The van der Waals surface area contributed by atoms with Crippen LogP contribution in [0.3, 0.4) is 0 Å². The third kappa shape index (κ3) is 5.75. The molecule has 4 N–H and O–H groups in total. The third-order valence-corrected chi connectivity index (χ3v) is 3.77. The van der Waals surface area contributed by atoms with Crippen molar-refractivity contribution >= 4 is 11.8 Å². The van der Waals surface area contributed by atoms with Gasteiger partial charge in [-0.15, -0.1) is 0 Å². The van der Waals surface area contributed by atoms with E-state index in [1.165, 1.54) is 0 Å². The molecule has 1 aromatic carbocycles. The predicted octanol–water partition coefficient (Wildman–Crippen LogP) is 1.43. The van der Waals surface area contributed by atoms with Crippen LogP contribution in [0.5, 0.6) is 0 Å². The average Bonchev–Trinajstić information content (AvgIpc) is 3.17. The number of carbonyl (C=O) groups excluding carboxylic acids is 2. The lowest BCUT2D eigenvalue weighted by atomic mass is 10.0. The van der Waals surface area contributed by atoms with Gasteiger partial charge in [-0.05, 0) is 60.1 Å². The maximum atomic E-state index is 12.3. The molecule has 0 saturated carbocycles. The molecule has 0 bridgehead atoms. The maximum absolute atomic E-state index is 12.3. The fourth-order valence-electron chi connectivity index (χ4n) is 2.26. The van der Waals surface area contributed by atoms with Crippen LogP contribution >= 0.6 is 0 Å². The molecule has 0 aliphatic rings. The average molecular weight is 380 g/mol. The van der Waals surface area contributed by atoms with Gasteiger partial charge in [0.2, 0.25) is 0 Å². The summed E-state index contributed by atoms with van der Waals surface area (Å²) in [6.07, 6.45) is 0. The molecular weight excluding hydrogens is 360 g/mol. The lowest BCUT2D eigenvalue weighted by Gasteiger charge is -2.20. The van der Waals surface area contributed by atoms with Crippen LogP contribution in [0.2, 0.25) is 0 Å². The molecule has 2 amide bonds. The number of aliphatic hydroxyl groups excluding tert-OH is 1. The minimum atomic E-state index is -0.847. The van der Waals surface area contributed by atoms with Crippen molar-refractivity contribution < 1.29 is 24.3 Å². The third-order valence-electron chi connectivity index (χ3n) is 3.77. The summed E-state index contributed by atoms with van der Waals surface area (Å²) in [6.45, 7) is 3.33. The number of furan rings is 1. The highest BCUT2D eigenvalue weighted by Gasteiger charge is 2.24. The van der Waals surface area contributed by atoms with E-state index >= 15 is 0 Å². The first-order chi connectivity index (χ1) is 13.4. The first-order valence-electron chi connectivity index (χ1n) is 8.51. The molecule has 0 radical (unpaired) electrons. The highest BCUT2D eigenvalue weighted by Crippen LogP contribution is 2.07. The molecule has 144 valence electrons. The van der Waals surface area contributed by atoms with E-state index in [1.807, 2.05) is 0 Å². The molecule has 0 aliphatic heterocycles. The lowest BCUT2D eigenvalue weighted by molar-refractivity contribution is -0.132. The molecular formula is C21H20N2O5. The van der Waals surface area contributed by atoms with E-state index < -0.39 is 17.9 Å². The van der Waals surface area contributed by atoms with Gasteiger partial charge >= 0.3 is 0 Å². The summed E-state index contributed by atoms with van der Waals surface area (Å²) >= 11 is 0. The van der Waals surface area contributed by atoms with Gasteiger partial charge in [0.25, 0.3) is 11.8 Å². The zero-order valence-corrected chi connectivity index (χ0v) is 15.4. The Kier molecular flexibility index (Phi) is 7.41. The standard InChI is InChI=1S/C21H20N2O5/c1-14(2)19(21(26)23-27)22-20(25)16-9-7-15(8-10-16)5-3-4-6-17-11-12-18(13-24)28-17/h7-12,14,19,24,27H,13H2,1-2H3,(H,22,25)(H,23,26). The van der Waals surface area contributed by atoms with Crippen LogP contribution in [0.15, 0.2) is 40.8 Å². The number of amides is 2. The molecule has 1 aromatic heterocycles. The predicted molar refractivity (Wildman–Crippen MR) is 101 cm³/mol. The van der Waals surface area contributed by atoms with Crippen LogP contribution in [-0.2, 0) is 11.4 Å². The summed E-state index contributed by atoms with van der Waals surface area (Å²) in [6, 6.07) is 8.93. The van der Waals surface area contributed by atoms with E-state index in [1.54, 1.807) is 55.7 Å². The van der Waals surface area contributed by atoms with Crippen molar-refractivity contribution in [1.82, 2.24) is 10.8 Å². The number of rotatable bonds is 5. The molecule has 0 aliphatic carbocycles. The van der Waals surface area contributed by atoms with Crippen molar-refractivity contribution in [2.45, 2.75) is 26.5 Å². The van der Waals surface area contributed by atoms with E-state index in [2.05, 4.69) is 29.0 Å². The number of hydrogen-bond acceptors (Lipinski definition) is 5. The Balaban J connectivity index is 2.01. The maximum Gasteiger partial charge on any atom is 0.266 e. The summed E-state index contributed by atoms with van der Waals surface area (Å²) in [5.41, 5.74) is 2.58. The molecule has 2 aromatic rings. The lowest BCUT2D eigenvalue weighted by Crippen LogP contribution is -2.48. The SMILES string of the molecule is CC(C)C(NC(=O)c1ccc(C#CC#Cc2ccc(CO)o2)cc1)C(=O)NO. The van der Waals surface area contributed by atoms with Crippen LogP contribution in [0, 0.1) is 29.6 Å². The van der Waals surface area contributed by atoms with Crippen molar-refractivity contribution in [3.05, 3.63) is 59.0 Å². The monoisotopic (exact) mass is 380 g/mol. The summed E-state index contributed by atoms with van der Waals surface area (Å²) in [4.78, 5) is 23.9. The van der Waals surface area contributed by atoms with Crippen LogP contribution < -0.4 is 10.8 Å². The van der Waals surface area contributed by atoms with Gasteiger partial charge in [0.1, 0.15) is 18.4 Å². The zero-order valence-electron chi connectivity index (χ0n) is 15.4. The second-order valence-electron chi connectivity index (χ2n) is 6.17. The Bertz CT molecular complexity index is 952. The first kappa shape index (κ1) is 20.8. The van der Waals surface area contributed by atoms with E-state index in [0.29, 0.717) is 22.6 Å². The van der Waals surface area contributed by atoms with E-state index in [0.717, 1.165) is 0 Å². The molecule has 1 unspecified atom stereocenters. The first-order valence-corrected chi connectivity index (χ1v) is 8.51. The Labute approximate surface area is 162 Å². The second kappa shape index (κ2) is 9.98. The van der Waals surface area contributed by atoms with E-state index in [9.17, 15) is 9.59 Å². The van der Waals surface area contributed by atoms with Crippen molar-refractivity contribution in [3.8, 4) is 23.7 Å². The van der Waals surface area contributed by atoms with Crippen molar-refractivity contribution in [2.24, 2.45) is 5.92 Å². The van der Waals surface area contributed by atoms with Crippen LogP contribution in [0.4, 0.5) is 0 Å². The molecule has 7 heteroatoms. The fraction of sp³-hybridized carbons (Fsp3) is 0.238. The molecule has 0 saturated heterocycles. The summed E-state index contributed by atoms with van der Waals surface area (Å²) < 4.78 is 5.22. The summed E-state index contributed by atoms with van der Waals surface area (Å²) in [5, 5.41) is 20.3. The Morgan fingerprint density at radius 3 is 2.32 bits per heavy atom. The Hall–Kier alpha value is -3.52. The number of carbonyl (C=O) groups is 2. The molecule has 0 spiro atoms. The smallest absolute Gasteiger partial charge is 0.266 e. The number of nitrogens with one attached hydrogen (secondary N) is 2. The molecule has 0 fully saturated rings. The van der Waals surface area contributed by atoms with Gasteiger partial charge in [0.05, 0.1) is 0 Å². The van der Waals surface area contributed by atoms with Gasteiger partial charge in [0, 0.05) is 11.1 Å². The number of aliphatic hydroxyl groups is 1. The van der Waals surface area contributed by atoms with E-state index in [-0.39, 0.29) is 12.5 Å². The van der Waals surface area contributed by atoms with Crippen LogP contribution in [0.25, 0.3) is 0 Å². The highest BCUT2D eigenvalue weighted by atomic mass is 16.5. The normalized spacial score (nSPS) is 10.9. The van der Waals surface area contributed by atoms with Gasteiger partial charge < -0.3 is 14.8 Å². The highest BCUT2D eigenvalue weighted by molar-refractivity contribution is 5.97. The van der Waals surface area contributed by atoms with Crippen LogP contribution in [-0.4, -0.2) is 28.2 Å². The Morgan fingerprint density at radius 1 is 1.07 bits per heavy atom. The summed E-state index contributed by atoms with van der Waals surface area (Å²) in [5.74, 6) is 10.4. The van der Waals surface area contributed by atoms with Gasteiger partial charge in [-0.2, -0.15) is 0 Å². The topological polar surface area (TPSA) is 112 Å². The molecule has 1 heterocycles. The van der Waals surface area contributed by atoms with Crippen molar-refractivity contribution in [3.63, 3.8) is 0 Å². The van der Waals surface area contributed by atoms with Crippen LogP contribution in [0.1, 0.15) is 41.3 Å². The largest absolute Gasteiger partial charge is 0.450 e. The van der Waals surface area contributed by atoms with Gasteiger partial charge in [-0.25, -0.2) is 5.48 Å². The molecule has 28 heavy (non-hydrogen) atoms. The molecule has 1 atom stereocenters. The molecule has 7 nitrogen and oxygen atoms in total. The molecule has 2 rings (SSSR count). The van der Waals surface area contributed by atoms with Gasteiger partial charge in [-0.1, -0.05) is 19.8 Å². The van der Waals surface area contributed by atoms with Crippen molar-refractivity contribution in [2.75, 3.05) is 0 Å². The minimum Gasteiger partial charge on any atom is -0.450 e. The van der Waals surface area contributed by atoms with Gasteiger partial charge in [0.15, 0.2) is 5.76 Å². The fourth-order valence-corrected chi connectivity index (χ4v) is 2.26. The number of hydrogen-bond donors (Lipinski definition) is 4. The number of hydroxylamine groups is 1. The Morgan fingerprint density at radius 2 is 1.75 bits per heavy atom. The number of benzene rings is 1. The summed E-state index contributed by atoms with van der Waals surface area (Å²) in [7, 11) is 0. The minimum absolute atomic E-state index is 0.185. The van der Waals surface area contributed by atoms with E-state index in [4.69, 9.17) is 14.7 Å². The quantitative estimate of drug-likeness (QED) is 0.356. The van der Waals surface area contributed by atoms with Crippen molar-refractivity contribution in [1.29, 1.82) is 0 Å². The second-order valence-corrected chi connectivity index (χ2v) is 6.17.